The highest BCUT2D eigenvalue weighted by Gasteiger charge is 2.11. The molecule has 0 bridgehead atoms. The molecule has 1 unspecified atom stereocenters. The third-order valence-electron chi connectivity index (χ3n) is 2.85. The van der Waals surface area contributed by atoms with Gasteiger partial charge in [-0.2, -0.15) is 0 Å². The van der Waals surface area contributed by atoms with Gasteiger partial charge in [-0.1, -0.05) is 6.92 Å². The van der Waals surface area contributed by atoms with Crippen molar-refractivity contribution in [2.45, 2.75) is 32.7 Å². The lowest BCUT2D eigenvalue weighted by Crippen LogP contribution is -2.33. The first-order valence-electron chi connectivity index (χ1n) is 6.62. The van der Waals surface area contributed by atoms with E-state index in [2.05, 4.69) is 21.0 Å². The zero-order valence-corrected chi connectivity index (χ0v) is 12.0. The average molecular weight is 296 g/mol. The third-order valence-corrected chi connectivity index (χ3v) is 2.85. The predicted molar refractivity (Wildman–Crippen MR) is 79.7 cm³/mol. The van der Waals surface area contributed by atoms with E-state index in [1.54, 1.807) is 0 Å². The van der Waals surface area contributed by atoms with Crippen LogP contribution in [-0.2, 0) is 4.79 Å². The molecular weight excluding hydrogens is 276 g/mol. The van der Waals surface area contributed by atoms with Crippen molar-refractivity contribution < 1.29 is 9.72 Å². The van der Waals surface area contributed by atoms with Gasteiger partial charge in [-0.05, 0) is 13.3 Å². The first kappa shape index (κ1) is 16.6. The van der Waals surface area contributed by atoms with Crippen molar-refractivity contribution >= 4 is 23.2 Å². The van der Waals surface area contributed by atoms with Gasteiger partial charge in [0.05, 0.1) is 17.1 Å². The van der Waals surface area contributed by atoms with Gasteiger partial charge < -0.3 is 16.1 Å². The molecular formula is C12H20N6O3. The first-order valence-corrected chi connectivity index (χ1v) is 6.62. The molecule has 1 atom stereocenters. The lowest BCUT2D eigenvalue weighted by Gasteiger charge is -2.12. The summed E-state index contributed by atoms with van der Waals surface area (Å²) in [4.78, 5) is 25.9. The van der Waals surface area contributed by atoms with Crippen molar-refractivity contribution in [1.82, 2.24) is 10.3 Å². The highest BCUT2D eigenvalue weighted by Crippen LogP contribution is 2.19. The summed E-state index contributed by atoms with van der Waals surface area (Å²) in [5.41, 5.74) is 2.13. The number of nitrogen functional groups attached to an aromatic ring is 1. The van der Waals surface area contributed by atoms with E-state index in [1.165, 1.54) is 12.1 Å². The number of nitrogens with one attached hydrogen (secondary N) is 3. The van der Waals surface area contributed by atoms with E-state index in [0.717, 1.165) is 6.42 Å². The number of carbonyl (C=O) groups excluding carboxylic acids is 1. The summed E-state index contributed by atoms with van der Waals surface area (Å²) in [7, 11) is 0. The number of hydrogen-bond acceptors (Lipinski definition) is 7. The van der Waals surface area contributed by atoms with E-state index >= 15 is 0 Å². The van der Waals surface area contributed by atoms with Gasteiger partial charge in [0.15, 0.2) is 0 Å². The normalized spacial score (nSPS) is 11.6. The van der Waals surface area contributed by atoms with E-state index < -0.39 is 4.92 Å². The fraction of sp³-hybridized carbons (Fsp3) is 0.500. The number of pyridine rings is 1. The molecule has 0 aliphatic heterocycles. The zero-order valence-electron chi connectivity index (χ0n) is 12.0. The molecule has 1 aromatic rings. The summed E-state index contributed by atoms with van der Waals surface area (Å²) in [5.74, 6) is 5.59. The molecule has 9 nitrogen and oxygen atoms in total. The van der Waals surface area contributed by atoms with Crippen LogP contribution in [0.15, 0.2) is 12.1 Å². The standard InChI is InChI=1S/C12H20N6O3/c1-3-8(2)15-12(19)4-5-14-10-6-9(18(20)21)7-11(16-10)17-13/h6-8H,3-5,13H2,1-2H3,(H,15,19)(H2,14,16,17). The van der Waals surface area contributed by atoms with Gasteiger partial charge in [0.2, 0.25) is 5.91 Å². The number of nitrogens with zero attached hydrogens (tertiary/aromatic N) is 2. The monoisotopic (exact) mass is 296 g/mol. The molecule has 116 valence electrons. The van der Waals surface area contributed by atoms with Gasteiger partial charge in [-0.3, -0.25) is 14.9 Å². The minimum Gasteiger partial charge on any atom is -0.369 e. The van der Waals surface area contributed by atoms with Crippen LogP contribution in [0, 0.1) is 10.1 Å². The molecule has 1 rings (SSSR count). The second kappa shape index (κ2) is 8.00. The number of anilines is 2. The van der Waals surface area contributed by atoms with Gasteiger partial charge in [-0.25, -0.2) is 10.8 Å². The lowest BCUT2D eigenvalue weighted by molar-refractivity contribution is -0.384. The van der Waals surface area contributed by atoms with Crippen molar-refractivity contribution in [3.63, 3.8) is 0 Å². The molecule has 0 saturated carbocycles. The Hall–Kier alpha value is -2.42. The molecule has 1 heterocycles. The van der Waals surface area contributed by atoms with Crippen LogP contribution in [0.25, 0.3) is 0 Å². The maximum Gasteiger partial charge on any atom is 0.276 e. The SMILES string of the molecule is CCC(C)NC(=O)CCNc1cc([N+](=O)[O-])cc(NN)n1. The minimum absolute atomic E-state index is 0.0838. The maximum absolute atomic E-state index is 11.6. The van der Waals surface area contributed by atoms with Crippen molar-refractivity contribution in [3.8, 4) is 0 Å². The summed E-state index contributed by atoms with van der Waals surface area (Å²) >= 11 is 0. The maximum atomic E-state index is 11.6. The molecule has 1 aromatic heterocycles. The molecule has 0 saturated heterocycles. The van der Waals surface area contributed by atoms with Crippen LogP contribution in [0.3, 0.4) is 0 Å². The molecule has 0 spiro atoms. The highest BCUT2D eigenvalue weighted by atomic mass is 16.6. The van der Waals surface area contributed by atoms with Crippen LogP contribution >= 0.6 is 0 Å². The molecule has 0 aliphatic rings. The number of hydrazine groups is 1. The first-order chi connectivity index (χ1) is 9.96. The van der Waals surface area contributed by atoms with E-state index in [9.17, 15) is 14.9 Å². The van der Waals surface area contributed by atoms with E-state index in [4.69, 9.17) is 5.84 Å². The third kappa shape index (κ3) is 5.61. The fourth-order valence-corrected chi connectivity index (χ4v) is 1.54. The Bertz CT molecular complexity index is 508. The summed E-state index contributed by atoms with van der Waals surface area (Å²) in [6.07, 6.45) is 1.11. The minimum atomic E-state index is -0.538. The number of aromatic nitrogens is 1. The smallest absolute Gasteiger partial charge is 0.276 e. The Morgan fingerprint density at radius 3 is 2.71 bits per heavy atom. The van der Waals surface area contributed by atoms with Crippen molar-refractivity contribution in [2.24, 2.45) is 5.84 Å². The Morgan fingerprint density at radius 2 is 2.14 bits per heavy atom. The molecule has 0 aliphatic carbocycles. The lowest BCUT2D eigenvalue weighted by atomic mass is 10.2. The summed E-state index contributed by atoms with van der Waals surface area (Å²) in [6.45, 7) is 4.23. The second-order valence-electron chi connectivity index (χ2n) is 4.55. The highest BCUT2D eigenvalue weighted by molar-refractivity contribution is 5.76. The van der Waals surface area contributed by atoms with Crippen molar-refractivity contribution in [1.29, 1.82) is 0 Å². The molecule has 0 fully saturated rings. The molecule has 0 radical (unpaired) electrons. The van der Waals surface area contributed by atoms with Gasteiger partial charge >= 0.3 is 0 Å². The van der Waals surface area contributed by atoms with Gasteiger partial charge in [0.25, 0.3) is 5.69 Å². The van der Waals surface area contributed by atoms with Crippen LogP contribution in [0.2, 0.25) is 0 Å². The Balaban J connectivity index is 2.57. The Kier molecular flexibility index (Phi) is 6.34. The van der Waals surface area contributed by atoms with E-state index in [-0.39, 0.29) is 35.7 Å². The van der Waals surface area contributed by atoms with E-state index in [1.807, 2.05) is 13.8 Å². The molecule has 21 heavy (non-hydrogen) atoms. The number of nitro groups is 1. The van der Waals surface area contributed by atoms with Crippen LogP contribution in [0.4, 0.5) is 17.3 Å². The van der Waals surface area contributed by atoms with Gasteiger partial charge in [0.1, 0.15) is 11.6 Å². The second-order valence-corrected chi connectivity index (χ2v) is 4.55. The Labute approximate surface area is 122 Å². The summed E-state index contributed by atoms with van der Waals surface area (Å²) < 4.78 is 0. The average Bonchev–Trinajstić information content (AvgIpc) is 2.46. The van der Waals surface area contributed by atoms with Gasteiger partial charge in [-0.15, -0.1) is 0 Å². The van der Waals surface area contributed by atoms with Crippen molar-refractivity contribution in [3.05, 3.63) is 22.2 Å². The fourth-order valence-electron chi connectivity index (χ4n) is 1.54. The number of hydrogen-bond donors (Lipinski definition) is 4. The zero-order chi connectivity index (χ0) is 15.8. The van der Waals surface area contributed by atoms with E-state index in [0.29, 0.717) is 6.54 Å². The van der Waals surface area contributed by atoms with Gasteiger partial charge in [0, 0.05) is 19.0 Å². The predicted octanol–water partition coefficient (Wildman–Crippen LogP) is 0.992. The van der Waals surface area contributed by atoms with Crippen LogP contribution in [0.1, 0.15) is 26.7 Å². The van der Waals surface area contributed by atoms with Crippen molar-refractivity contribution in [2.75, 3.05) is 17.3 Å². The molecule has 9 heteroatoms. The number of amides is 1. The number of carbonyl (C=O) groups is 1. The molecule has 0 aromatic carbocycles. The van der Waals surface area contributed by atoms with Crippen LogP contribution in [-0.4, -0.2) is 28.4 Å². The largest absolute Gasteiger partial charge is 0.369 e. The summed E-state index contributed by atoms with van der Waals surface area (Å²) in [6, 6.07) is 2.63. The number of rotatable bonds is 8. The summed E-state index contributed by atoms with van der Waals surface area (Å²) in [5, 5.41) is 16.5. The molecule has 5 N–H and O–H groups in total. The molecule has 1 amide bonds. The van der Waals surface area contributed by atoms with Crippen LogP contribution in [0.5, 0.6) is 0 Å². The van der Waals surface area contributed by atoms with Crippen LogP contribution < -0.4 is 21.9 Å². The number of nitrogens with two attached hydrogens (primary N) is 1. The quantitative estimate of drug-likeness (QED) is 0.319. The topological polar surface area (TPSA) is 135 Å². The Morgan fingerprint density at radius 1 is 1.48 bits per heavy atom.